The van der Waals surface area contributed by atoms with Crippen LogP contribution in [-0.4, -0.2) is 5.11 Å². The van der Waals surface area contributed by atoms with Crippen LogP contribution in [0.15, 0.2) is 40.0 Å². The molecule has 0 amide bonds. The van der Waals surface area contributed by atoms with E-state index in [1.54, 1.807) is 0 Å². The zero-order chi connectivity index (χ0) is 15.1. The first-order chi connectivity index (χ1) is 9.10. The smallest absolute Gasteiger partial charge is 0.123 e. The van der Waals surface area contributed by atoms with E-state index in [9.17, 15) is 5.11 Å². The Hall–Kier alpha value is -1.15. The standard InChI is InChI=1S/C18H26OS/c1-17(2,3)14-11-13(20-9-7-8-10-20)12-15(16(14)19)18(4,5)6/h7-12,19-20H,1-6H3. The van der Waals surface area contributed by atoms with E-state index in [1.165, 1.54) is 4.90 Å². The Bertz CT molecular complexity index is 521. The lowest BCUT2D eigenvalue weighted by Gasteiger charge is -2.29. The third kappa shape index (κ3) is 2.95. The number of allylic oxidation sites excluding steroid dienone is 2. The summed E-state index contributed by atoms with van der Waals surface area (Å²) in [5, 5.41) is 15.2. The molecule has 0 radical (unpaired) electrons. The van der Waals surface area contributed by atoms with Gasteiger partial charge in [0.15, 0.2) is 0 Å². The lowest BCUT2D eigenvalue weighted by Crippen LogP contribution is -2.17. The predicted molar refractivity (Wildman–Crippen MR) is 91.0 cm³/mol. The molecule has 0 saturated heterocycles. The molecule has 0 atom stereocenters. The lowest BCUT2D eigenvalue weighted by atomic mass is 9.79. The van der Waals surface area contributed by atoms with Gasteiger partial charge in [-0.05, 0) is 38.7 Å². The fourth-order valence-electron chi connectivity index (χ4n) is 2.42. The maximum Gasteiger partial charge on any atom is 0.123 e. The van der Waals surface area contributed by atoms with E-state index in [-0.39, 0.29) is 21.7 Å². The first-order valence-corrected chi connectivity index (χ1v) is 8.60. The molecule has 1 aliphatic heterocycles. The summed E-state index contributed by atoms with van der Waals surface area (Å²) in [5.74, 6) is 0.468. The van der Waals surface area contributed by atoms with Crippen LogP contribution in [0.1, 0.15) is 52.7 Å². The molecule has 2 rings (SSSR count). The molecule has 1 heterocycles. The first-order valence-electron chi connectivity index (χ1n) is 7.12. The van der Waals surface area contributed by atoms with Crippen molar-refractivity contribution in [3.05, 3.63) is 46.2 Å². The average molecular weight is 290 g/mol. The SMILES string of the molecule is CC(C)(C)c1cc([SH]2C=CC=C2)cc(C(C)(C)C)c1O. The van der Waals surface area contributed by atoms with Crippen molar-refractivity contribution in [3.8, 4) is 5.75 Å². The molecule has 0 unspecified atom stereocenters. The Morgan fingerprint density at radius 1 is 0.800 bits per heavy atom. The van der Waals surface area contributed by atoms with Gasteiger partial charge in [-0.25, -0.2) is 0 Å². The van der Waals surface area contributed by atoms with E-state index in [0.717, 1.165) is 11.1 Å². The monoisotopic (exact) mass is 290 g/mol. The molecular weight excluding hydrogens is 264 g/mol. The second-order valence-electron chi connectivity index (χ2n) is 7.48. The molecule has 0 fully saturated rings. The molecule has 1 aromatic rings. The van der Waals surface area contributed by atoms with E-state index in [0.29, 0.717) is 5.75 Å². The third-order valence-corrected chi connectivity index (χ3v) is 5.45. The summed E-state index contributed by atoms with van der Waals surface area (Å²) in [5.41, 5.74) is 2.00. The van der Waals surface area contributed by atoms with Crippen molar-refractivity contribution in [1.82, 2.24) is 0 Å². The summed E-state index contributed by atoms with van der Waals surface area (Å²) in [6.45, 7) is 13.0. The van der Waals surface area contributed by atoms with Crippen LogP contribution in [0.4, 0.5) is 0 Å². The molecule has 1 N–H and O–H groups in total. The van der Waals surface area contributed by atoms with Gasteiger partial charge >= 0.3 is 0 Å². The number of phenolic OH excluding ortho intramolecular Hbond substituents is 1. The van der Waals surface area contributed by atoms with Crippen molar-refractivity contribution in [2.24, 2.45) is 0 Å². The number of thiol groups is 1. The van der Waals surface area contributed by atoms with Crippen LogP contribution in [0.5, 0.6) is 5.75 Å². The predicted octanol–water partition coefficient (Wildman–Crippen LogP) is 5.39. The normalized spacial score (nSPS) is 17.0. The molecule has 0 aromatic heterocycles. The molecule has 2 heteroatoms. The highest BCUT2D eigenvalue weighted by Crippen LogP contribution is 2.48. The summed E-state index contributed by atoms with van der Waals surface area (Å²) < 4.78 is 0. The molecule has 0 bridgehead atoms. The number of hydrogen-bond acceptors (Lipinski definition) is 1. The fourth-order valence-corrected chi connectivity index (χ4v) is 3.99. The first kappa shape index (κ1) is 15.2. The Kier molecular flexibility index (Phi) is 3.81. The van der Waals surface area contributed by atoms with Crippen LogP contribution in [0.25, 0.3) is 0 Å². The van der Waals surface area contributed by atoms with E-state index in [1.807, 2.05) is 0 Å². The number of aromatic hydroxyl groups is 1. The van der Waals surface area contributed by atoms with Crippen LogP contribution >= 0.6 is 10.9 Å². The Labute approximate surface area is 125 Å². The van der Waals surface area contributed by atoms with Crippen LogP contribution in [0, 0.1) is 0 Å². The fraction of sp³-hybridized carbons (Fsp3) is 0.444. The summed E-state index contributed by atoms with van der Waals surface area (Å²) in [6, 6.07) is 4.38. The van der Waals surface area contributed by atoms with E-state index >= 15 is 0 Å². The number of hydrogen-bond donors (Lipinski definition) is 2. The molecule has 0 aliphatic carbocycles. The quantitative estimate of drug-likeness (QED) is 0.665. The molecular formula is C18H26OS. The summed E-state index contributed by atoms with van der Waals surface area (Å²) in [4.78, 5) is 1.33. The minimum Gasteiger partial charge on any atom is -0.507 e. The molecule has 20 heavy (non-hydrogen) atoms. The Balaban J connectivity index is 2.66. The van der Waals surface area contributed by atoms with Crippen molar-refractivity contribution < 1.29 is 5.11 Å². The topological polar surface area (TPSA) is 20.2 Å². The largest absolute Gasteiger partial charge is 0.507 e. The van der Waals surface area contributed by atoms with Gasteiger partial charge in [-0.2, -0.15) is 10.9 Å². The van der Waals surface area contributed by atoms with Crippen molar-refractivity contribution in [3.63, 3.8) is 0 Å². The highest BCUT2D eigenvalue weighted by atomic mass is 32.2. The van der Waals surface area contributed by atoms with Crippen molar-refractivity contribution in [1.29, 1.82) is 0 Å². The Morgan fingerprint density at radius 3 is 1.55 bits per heavy atom. The number of phenols is 1. The maximum atomic E-state index is 10.7. The molecule has 0 spiro atoms. The molecule has 0 saturated carbocycles. The minimum atomic E-state index is -0.352. The minimum absolute atomic E-state index is 0.0530. The molecule has 1 nitrogen and oxygen atoms in total. The number of rotatable bonds is 1. The summed E-state index contributed by atoms with van der Waals surface area (Å²) in [6.07, 6.45) is 4.23. The Morgan fingerprint density at radius 2 is 1.20 bits per heavy atom. The maximum absolute atomic E-state index is 10.7. The number of benzene rings is 1. The van der Waals surface area contributed by atoms with Crippen molar-refractivity contribution in [2.75, 3.05) is 0 Å². The van der Waals surface area contributed by atoms with Crippen LogP contribution < -0.4 is 0 Å². The van der Waals surface area contributed by atoms with Gasteiger partial charge < -0.3 is 5.11 Å². The van der Waals surface area contributed by atoms with Gasteiger partial charge in [-0.3, -0.25) is 0 Å². The van der Waals surface area contributed by atoms with Gasteiger partial charge in [0, 0.05) is 11.1 Å². The van der Waals surface area contributed by atoms with Crippen LogP contribution in [-0.2, 0) is 10.8 Å². The van der Waals surface area contributed by atoms with Crippen LogP contribution in [0.2, 0.25) is 0 Å². The van der Waals surface area contributed by atoms with E-state index in [4.69, 9.17) is 0 Å². The van der Waals surface area contributed by atoms with Crippen molar-refractivity contribution >= 4 is 10.9 Å². The van der Waals surface area contributed by atoms with Gasteiger partial charge in [0.1, 0.15) is 5.75 Å². The zero-order valence-electron chi connectivity index (χ0n) is 13.4. The highest BCUT2D eigenvalue weighted by Gasteiger charge is 2.27. The van der Waals surface area contributed by atoms with Gasteiger partial charge in [0.05, 0.1) is 0 Å². The molecule has 110 valence electrons. The second kappa shape index (κ2) is 5.00. The van der Waals surface area contributed by atoms with Crippen molar-refractivity contribution in [2.45, 2.75) is 57.3 Å². The van der Waals surface area contributed by atoms with Gasteiger partial charge in [0.2, 0.25) is 0 Å². The lowest BCUT2D eigenvalue weighted by molar-refractivity contribution is 0.422. The van der Waals surface area contributed by atoms with Gasteiger partial charge in [0.25, 0.3) is 0 Å². The van der Waals surface area contributed by atoms with Crippen LogP contribution in [0.3, 0.4) is 0 Å². The zero-order valence-corrected chi connectivity index (χ0v) is 14.3. The second-order valence-corrected chi connectivity index (χ2v) is 9.41. The van der Waals surface area contributed by atoms with E-state index < -0.39 is 0 Å². The summed E-state index contributed by atoms with van der Waals surface area (Å²) >= 11 is 0. The van der Waals surface area contributed by atoms with Gasteiger partial charge in [-0.15, -0.1) is 0 Å². The highest BCUT2D eigenvalue weighted by molar-refractivity contribution is 8.22. The molecule has 1 aliphatic rings. The molecule has 1 aromatic carbocycles. The van der Waals surface area contributed by atoms with E-state index in [2.05, 4.69) is 76.6 Å². The van der Waals surface area contributed by atoms with Gasteiger partial charge in [-0.1, -0.05) is 53.7 Å². The third-order valence-electron chi connectivity index (χ3n) is 3.61. The summed E-state index contributed by atoms with van der Waals surface area (Å²) in [7, 11) is -0.352. The average Bonchev–Trinajstić information content (AvgIpc) is 2.79.